The fraction of sp³-hybridized carbons (Fsp3) is 0.435. The Kier molecular flexibility index (Phi) is 6.79. The van der Waals surface area contributed by atoms with Crippen LogP contribution in [0.2, 0.25) is 0 Å². The lowest BCUT2D eigenvalue weighted by atomic mass is 9.89. The predicted molar refractivity (Wildman–Crippen MR) is 121 cm³/mol. The van der Waals surface area contributed by atoms with Gasteiger partial charge in [-0.25, -0.2) is 8.42 Å². The van der Waals surface area contributed by atoms with Crippen LogP contribution in [0.15, 0.2) is 48.5 Å². The van der Waals surface area contributed by atoms with E-state index in [0.29, 0.717) is 24.3 Å². The monoisotopic (exact) mass is 446 g/mol. The van der Waals surface area contributed by atoms with Crippen molar-refractivity contribution in [3.05, 3.63) is 54.1 Å². The number of amides is 1. The van der Waals surface area contributed by atoms with Crippen LogP contribution in [0.4, 0.5) is 5.69 Å². The van der Waals surface area contributed by atoms with Crippen molar-refractivity contribution in [2.24, 2.45) is 0 Å². The highest BCUT2D eigenvalue weighted by Crippen LogP contribution is 2.39. The van der Waals surface area contributed by atoms with Gasteiger partial charge in [-0.2, -0.15) is 0 Å². The first-order chi connectivity index (χ1) is 14.6. The van der Waals surface area contributed by atoms with Crippen LogP contribution in [0.3, 0.4) is 0 Å². The van der Waals surface area contributed by atoms with Crippen molar-refractivity contribution in [2.75, 3.05) is 24.2 Å². The average molecular weight is 447 g/mol. The number of carbonyl (C=O) groups is 1. The molecule has 1 N–H and O–H groups in total. The molecule has 1 aliphatic heterocycles. The van der Waals surface area contributed by atoms with Gasteiger partial charge in [0.25, 0.3) is 0 Å². The first-order valence-electron chi connectivity index (χ1n) is 10.3. The van der Waals surface area contributed by atoms with Crippen molar-refractivity contribution in [2.45, 2.75) is 44.8 Å². The molecule has 168 valence electrons. The molecule has 0 spiro atoms. The number of rotatable bonds is 8. The van der Waals surface area contributed by atoms with E-state index in [1.807, 2.05) is 38.1 Å². The largest absolute Gasteiger partial charge is 0.497 e. The quantitative estimate of drug-likeness (QED) is 0.669. The Morgan fingerprint density at radius 1 is 1.19 bits per heavy atom. The molecular formula is C23H30N2O5S. The van der Waals surface area contributed by atoms with Gasteiger partial charge in [-0.1, -0.05) is 18.2 Å². The Bertz CT molecular complexity index is 1020. The Balaban J connectivity index is 1.62. The molecule has 1 amide bonds. The third-order valence-corrected chi connectivity index (χ3v) is 6.43. The van der Waals surface area contributed by atoms with E-state index in [0.717, 1.165) is 11.3 Å². The Morgan fingerprint density at radius 3 is 2.52 bits per heavy atom. The summed E-state index contributed by atoms with van der Waals surface area (Å²) in [6.07, 6.45) is 2.46. The molecule has 2 aromatic carbocycles. The van der Waals surface area contributed by atoms with Gasteiger partial charge in [0.15, 0.2) is 0 Å². The van der Waals surface area contributed by atoms with Crippen molar-refractivity contribution < 1.29 is 22.7 Å². The summed E-state index contributed by atoms with van der Waals surface area (Å²) in [4.78, 5) is 12.6. The van der Waals surface area contributed by atoms with Gasteiger partial charge in [0.05, 0.1) is 25.1 Å². The van der Waals surface area contributed by atoms with Crippen molar-refractivity contribution in [1.29, 1.82) is 0 Å². The summed E-state index contributed by atoms with van der Waals surface area (Å²) in [5, 5.41) is 3.09. The third kappa shape index (κ3) is 5.91. The van der Waals surface area contributed by atoms with Gasteiger partial charge >= 0.3 is 0 Å². The van der Waals surface area contributed by atoms with Gasteiger partial charge in [0.2, 0.25) is 15.9 Å². The fourth-order valence-corrected chi connectivity index (χ4v) is 4.78. The van der Waals surface area contributed by atoms with E-state index in [1.54, 1.807) is 31.4 Å². The summed E-state index contributed by atoms with van der Waals surface area (Å²) >= 11 is 0. The zero-order valence-electron chi connectivity index (χ0n) is 18.4. The molecule has 0 saturated carbocycles. The van der Waals surface area contributed by atoms with Gasteiger partial charge in [-0.15, -0.1) is 0 Å². The van der Waals surface area contributed by atoms with E-state index in [4.69, 9.17) is 9.47 Å². The number of carbonyl (C=O) groups excluding carboxylic acids is 1. The fourth-order valence-electron chi connectivity index (χ4n) is 3.82. The number of para-hydroxylation sites is 1. The molecular weight excluding hydrogens is 416 g/mol. The smallest absolute Gasteiger partial charge is 0.232 e. The summed E-state index contributed by atoms with van der Waals surface area (Å²) < 4.78 is 37.0. The minimum Gasteiger partial charge on any atom is -0.497 e. The number of nitrogens with one attached hydrogen (secondary N) is 1. The molecule has 0 aliphatic carbocycles. The number of hydrogen-bond donors (Lipinski definition) is 1. The highest BCUT2D eigenvalue weighted by molar-refractivity contribution is 7.92. The van der Waals surface area contributed by atoms with E-state index in [9.17, 15) is 13.2 Å². The molecule has 31 heavy (non-hydrogen) atoms. The molecule has 0 bridgehead atoms. The number of fused-ring (bicyclic) bond motifs is 1. The van der Waals surface area contributed by atoms with Crippen LogP contribution in [0.5, 0.6) is 11.5 Å². The number of hydrogen-bond acceptors (Lipinski definition) is 5. The number of sulfonamides is 1. The number of methoxy groups -OCH3 is 1. The van der Waals surface area contributed by atoms with E-state index >= 15 is 0 Å². The zero-order chi connectivity index (χ0) is 22.6. The number of benzene rings is 2. The first kappa shape index (κ1) is 22.9. The molecule has 0 radical (unpaired) electrons. The maximum atomic E-state index is 12.6. The Labute approximate surface area is 184 Å². The van der Waals surface area contributed by atoms with Crippen LogP contribution < -0.4 is 19.1 Å². The molecule has 0 saturated heterocycles. The second-order valence-electron chi connectivity index (χ2n) is 8.36. The van der Waals surface area contributed by atoms with Gasteiger partial charge in [0.1, 0.15) is 17.1 Å². The summed E-state index contributed by atoms with van der Waals surface area (Å²) in [5.74, 6) is 1.32. The second-order valence-corrected chi connectivity index (χ2v) is 10.3. The molecule has 2 aromatic rings. The molecule has 8 heteroatoms. The Morgan fingerprint density at radius 2 is 1.87 bits per heavy atom. The average Bonchev–Trinajstić information content (AvgIpc) is 2.69. The van der Waals surface area contributed by atoms with Gasteiger partial charge in [-0.3, -0.25) is 9.10 Å². The van der Waals surface area contributed by atoms with Crippen molar-refractivity contribution in [1.82, 2.24) is 5.32 Å². The predicted octanol–water partition coefficient (Wildman–Crippen LogP) is 3.66. The van der Waals surface area contributed by atoms with E-state index in [2.05, 4.69) is 5.32 Å². The van der Waals surface area contributed by atoms with Crippen molar-refractivity contribution in [3.8, 4) is 11.5 Å². The maximum absolute atomic E-state index is 12.6. The number of anilines is 1. The summed E-state index contributed by atoms with van der Waals surface area (Å²) in [7, 11) is -1.92. The van der Waals surface area contributed by atoms with E-state index in [1.165, 1.54) is 10.6 Å². The summed E-state index contributed by atoms with van der Waals surface area (Å²) in [6.45, 7) is 4.22. The lowest BCUT2D eigenvalue weighted by Gasteiger charge is -2.37. The summed E-state index contributed by atoms with van der Waals surface area (Å²) in [5.41, 5.74) is 1.13. The van der Waals surface area contributed by atoms with Gasteiger partial charge in [0, 0.05) is 24.9 Å². The highest BCUT2D eigenvalue weighted by atomic mass is 32.2. The standard InChI is InChI=1S/C23H30N2O5S/c1-23(2)16-20(19-8-5-6-9-21(19)30-23)24-22(26)10-7-15-25(31(4,27)28)17-11-13-18(29-3)14-12-17/h5-6,8-9,11-14,20H,7,10,15-16H2,1-4H3,(H,24,26)/t20-/m0/s1. The second kappa shape index (κ2) is 9.18. The van der Waals surface area contributed by atoms with Crippen molar-refractivity contribution in [3.63, 3.8) is 0 Å². The molecule has 7 nitrogen and oxygen atoms in total. The van der Waals surface area contributed by atoms with Crippen LogP contribution >= 0.6 is 0 Å². The molecule has 0 aromatic heterocycles. The van der Waals surface area contributed by atoms with Gasteiger partial charge < -0.3 is 14.8 Å². The summed E-state index contributed by atoms with van der Waals surface area (Å²) in [6, 6.07) is 14.4. The lowest BCUT2D eigenvalue weighted by Crippen LogP contribution is -2.41. The van der Waals surface area contributed by atoms with Crippen LogP contribution in [0.25, 0.3) is 0 Å². The molecule has 1 atom stereocenters. The maximum Gasteiger partial charge on any atom is 0.232 e. The van der Waals surface area contributed by atoms with Crippen LogP contribution in [-0.2, 0) is 14.8 Å². The molecule has 3 rings (SSSR count). The third-order valence-electron chi connectivity index (χ3n) is 5.24. The molecule has 0 fully saturated rings. The van der Waals surface area contributed by atoms with Gasteiger partial charge in [-0.05, 0) is 50.6 Å². The lowest BCUT2D eigenvalue weighted by molar-refractivity contribution is -0.122. The minimum absolute atomic E-state index is 0.110. The topological polar surface area (TPSA) is 84.9 Å². The SMILES string of the molecule is COc1ccc(N(CCCC(=O)N[C@H]2CC(C)(C)Oc3ccccc32)S(C)(=O)=O)cc1. The Hall–Kier alpha value is -2.74. The van der Waals surface area contributed by atoms with E-state index < -0.39 is 10.0 Å². The highest BCUT2D eigenvalue weighted by Gasteiger charge is 2.34. The molecule has 1 aliphatic rings. The normalized spacial score (nSPS) is 17.2. The number of nitrogens with zero attached hydrogens (tertiary/aromatic N) is 1. The molecule has 1 heterocycles. The van der Waals surface area contributed by atoms with Crippen LogP contribution in [0, 0.1) is 0 Å². The zero-order valence-corrected chi connectivity index (χ0v) is 19.2. The number of ether oxygens (including phenoxy) is 2. The van der Waals surface area contributed by atoms with Crippen LogP contribution in [-0.4, -0.2) is 39.8 Å². The first-order valence-corrected chi connectivity index (χ1v) is 12.1. The van der Waals surface area contributed by atoms with Crippen molar-refractivity contribution >= 4 is 21.6 Å². The minimum atomic E-state index is -3.47. The molecule has 0 unspecified atom stereocenters. The van der Waals surface area contributed by atoms with E-state index in [-0.39, 0.29) is 30.5 Å². The van der Waals surface area contributed by atoms with Crippen LogP contribution in [0.1, 0.15) is 44.7 Å².